The zero-order chi connectivity index (χ0) is 12.9. The molecular formula is C13H24O3Si. The highest BCUT2D eigenvalue weighted by atomic mass is 28.3. The number of ether oxygens (including phenoxy) is 2. The number of unbranched alkanes of at least 4 members (excludes halogenated alkanes) is 3. The third kappa shape index (κ3) is 4.94. The van der Waals surface area contributed by atoms with Gasteiger partial charge in [-0.15, -0.1) is 0 Å². The molecule has 0 radical (unpaired) electrons. The van der Waals surface area contributed by atoms with Crippen molar-refractivity contribution in [2.24, 2.45) is 0 Å². The van der Waals surface area contributed by atoms with Gasteiger partial charge in [-0.05, 0) is 18.9 Å². The van der Waals surface area contributed by atoms with Crippen LogP contribution < -0.4 is 0 Å². The van der Waals surface area contributed by atoms with E-state index in [-0.39, 0.29) is 6.10 Å². The molecule has 0 aliphatic carbocycles. The first-order chi connectivity index (χ1) is 7.93. The van der Waals surface area contributed by atoms with Crippen LogP contribution in [0.15, 0.2) is 11.5 Å². The summed E-state index contributed by atoms with van der Waals surface area (Å²) in [4.78, 5) is 11.4. The van der Waals surface area contributed by atoms with Crippen LogP contribution >= 0.6 is 0 Å². The summed E-state index contributed by atoms with van der Waals surface area (Å²) >= 11 is 0. The molecule has 0 saturated carbocycles. The molecular weight excluding hydrogens is 232 g/mol. The van der Waals surface area contributed by atoms with Crippen LogP contribution in [0.4, 0.5) is 4.79 Å². The molecule has 1 aliphatic heterocycles. The Balaban J connectivity index is 2.51. The normalized spacial score (nSPS) is 20.6. The van der Waals surface area contributed by atoms with Gasteiger partial charge in [-0.2, -0.15) is 0 Å². The molecule has 3 nitrogen and oxygen atoms in total. The molecule has 4 heteroatoms. The molecule has 0 fully saturated rings. The monoisotopic (exact) mass is 256 g/mol. The number of hydrogen-bond donors (Lipinski definition) is 0. The van der Waals surface area contributed by atoms with E-state index in [0.29, 0.717) is 0 Å². The van der Waals surface area contributed by atoms with Crippen LogP contribution in [0.2, 0.25) is 19.6 Å². The fourth-order valence-corrected chi connectivity index (χ4v) is 2.87. The van der Waals surface area contributed by atoms with E-state index < -0.39 is 14.2 Å². The molecule has 0 aromatic carbocycles. The van der Waals surface area contributed by atoms with Gasteiger partial charge in [0.15, 0.2) is 0 Å². The van der Waals surface area contributed by atoms with Crippen molar-refractivity contribution in [1.29, 1.82) is 0 Å². The van der Waals surface area contributed by atoms with Gasteiger partial charge in [0.1, 0.15) is 14.2 Å². The Bertz CT molecular complexity index is 292. The van der Waals surface area contributed by atoms with E-state index >= 15 is 0 Å². The highest BCUT2D eigenvalue weighted by molar-refractivity contribution is 6.82. The Morgan fingerprint density at radius 2 is 1.94 bits per heavy atom. The number of hydrogen-bond acceptors (Lipinski definition) is 3. The van der Waals surface area contributed by atoms with Gasteiger partial charge in [0, 0.05) is 0 Å². The van der Waals surface area contributed by atoms with E-state index in [1.165, 1.54) is 19.3 Å². The minimum absolute atomic E-state index is 0.0742. The second-order valence-corrected chi connectivity index (χ2v) is 10.6. The van der Waals surface area contributed by atoms with E-state index in [4.69, 9.17) is 9.47 Å². The molecule has 1 atom stereocenters. The maximum absolute atomic E-state index is 11.4. The van der Waals surface area contributed by atoms with Crippen LogP contribution in [0, 0.1) is 0 Å². The molecule has 0 amide bonds. The summed E-state index contributed by atoms with van der Waals surface area (Å²) in [6.45, 7) is 8.71. The molecule has 98 valence electrons. The number of cyclic esters (lactones) is 2. The average molecular weight is 256 g/mol. The molecule has 1 rings (SSSR count). The molecule has 0 aromatic heterocycles. The summed E-state index contributed by atoms with van der Waals surface area (Å²) in [6, 6.07) is 0. The lowest BCUT2D eigenvalue weighted by molar-refractivity contribution is 0.0412. The van der Waals surface area contributed by atoms with Crippen LogP contribution in [0.1, 0.15) is 39.0 Å². The zero-order valence-electron chi connectivity index (χ0n) is 11.4. The summed E-state index contributed by atoms with van der Waals surface area (Å²) in [5.74, 6) is 0. The highest BCUT2D eigenvalue weighted by Crippen LogP contribution is 2.24. The fraction of sp³-hybridized carbons (Fsp3) is 0.769. The van der Waals surface area contributed by atoms with Crippen molar-refractivity contribution >= 4 is 14.2 Å². The maximum Gasteiger partial charge on any atom is 0.513 e. The Morgan fingerprint density at radius 1 is 1.24 bits per heavy atom. The minimum Gasteiger partial charge on any atom is -0.426 e. The van der Waals surface area contributed by atoms with Crippen LogP contribution in [-0.2, 0) is 9.47 Å². The van der Waals surface area contributed by atoms with Gasteiger partial charge in [0.05, 0.1) is 5.38 Å². The summed E-state index contributed by atoms with van der Waals surface area (Å²) in [7, 11) is -1.56. The number of carbonyl (C=O) groups excluding carboxylic acids is 1. The van der Waals surface area contributed by atoms with Crippen molar-refractivity contribution in [3.8, 4) is 0 Å². The van der Waals surface area contributed by atoms with E-state index in [0.717, 1.165) is 18.2 Å². The molecule has 0 spiro atoms. The predicted octanol–water partition coefficient (Wildman–Crippen LogP) is 4.25. The van der Waals surface area contributed by atoms with Gasteiger partial charge in [-0.3, -0.25) is 0 Å². The molecule has 1 unspecified atom stereocenters. The largest absolute Gasteiger partial charge is 0.513 e. The maximum atomic E-state index is 11.4. The Morgan fingerprint density at radius 3 is 2.53 bits per heavy atom. The standard InChI is InChI=1S/C13H24O3Si/c1-5-6-7-8-9-11-10-12(17(2,3)4)16-13(14)15-11/h10-11H,5-9H2,1-4H3. The summed E-state index contributed by atoms with van der Waals surface area (Å²) < 4.78 is 10.3. The predicted molar refractivity (Wildman–Crippen MR) is 71.5 cm³/mol. The topological polar surface area (TPSA) is 35.5 Å². The molecule has 17 heavy (non-hydrogen) atoms. The Kier molecular flexibility index (Phi) is 5.24. The fourth-order valence-electron chi connectivity index (χ4n) is 1.79. The lowest BCUT2D eigenvalue weighted by atomic mass is 10.1. The Hall–Kier alpha value is -0.773. The smallest absolute Gasteiger partial charge is 0.426 e. The van der Waals surface area contributed by atoms with Gasteiger partial charge < -0.3 is 9.47 Å². The third-order valence-electron chi connectivity index (χ3n) is 2.86. The summed E-state index contributed by atoms with van der Waals surface area (Å²) in [5.41, 5.74) is 0. The van der Waals surface area contributed by atoms with Crippen LogP contribution in [-0.4, -0.2) is 20.3 Å². The van der Waals surface area contributed by atoms with Crippen molar-refractivity contribution in [2.75, 3.05) is 0 Å². The van der Waals surface area contributed by atoms with Crippen LogP contribution in [0.25, 0.3) is 0 Å². The summed E-state index contributed by atoms with van der Waals surface area (Å²) in [6.07, 6.45) is 7.14. The third-order valence-corrected chi connectivity index (χ3v) is 4.61. The van der Waals surface area contributed by atoms with Crippen molar-refractivity contribution in [3.05, 3.63) is 11.5 Å². The van der Waals surface area contributed by atoms with E-state index in [9.17, 15) is 4.79 Å². The van der Waals surface area contributed by atoms with Gasteiger partial charge in [0.2, 0.25) is 0 Å². The van der Waals surface area contributed by atoms with Crippen LogP contribution in [0.3, 0.4) is 0 Å². The molecule has 0 N–H and O–H groups in total. The molecule has 1 heterocycles. The quantitative estimate of drug-likeness (QED) is 0.405. The Labute approximate surface area is 105 Å². The van der Waals surface area contributed by atoms with Gasteiger partial charge in [0.25, 0.3) is 0 Å². The molecule has 0 aromatic rings. The lowest BCUT2D eigenvalue weighted by Crippen LogP contribution is -2.34. The van der Waals surface area contributed by atoms with Gasteiger partial charge in [-0.1, -0.05) is 45.8 Å². The first-order valence-corrected chi connectivity index (χ1v) is 10.0. The second-order valence-electron chi connectivity index (χ2n) is 5.64. The van der Waals surface area contributed by atoms with Crippen molar-refractivity contribution in [1.82, 2.24) is 0 Å². The number of carbonyl (C=O) groups is 1. The second kappa shape index (κ2) is 6.24. The van der Waals surface area contributed by atoms with Gasteiger partial charge >= 0.3 is 6.16 Å². The van der Waals surface area contributed by atoms with Crippen molar-refractivity contribution < 1.29 is 14.3 Å². The zero-order valence-corrected chi connectivity index (χ0v) is 12.4. The van der Waals surface area contributed by atoms with Crippen LogP contribution in [0.5, 0.6) is 0 Å². The molecule has 0 saturated heterocycles. The van der Waals surface area contributed by atoms with E-state index in [1.54, 1.807) is 0 Å². The first-order valence-electron chi connectivity index (χ1n) is 6.54. The first kappa shape index (κ1) is 14.3. The van der Waals surface area contributed by atoms with Crippen molar-refractivity contribution in [2.45, 2.75) is 64.8 Å². The van der Waals surface area contributed by atoms with Gasteiger partial charge in [-0.25, -0.2) is 4.79 Å². The number of rotatable bonds is 6. The average Bonchev–Trinajstić information content (AvgIpc) is 2.22. The molecule has 0 bridgehead atoms. The molecule has 1 aliphatic rings. The summed E-state index contributed by atoms with van der Waals surface area (Å²) in [5, 5.41) is 0.870. The minimum atomic E-state index is -1.56. The van der Waals surface area contributed by atoms with E-state index in [2.05, 4.69) is 26.6 Å². The lowest BCUT2D eigenvalue weighted by Gasteiger charge is -2.27. The SMILES string of the molecule is CCCCCCC1C=C([Si](C)(C)C)OC(=O)O1. The van der Waals surface area contributed by atoms with E-state index in [1.807, 2.05) is 6.08 Å². The highest BCUT2D eigenvalue weighted by Gasteiger charge is 2.30. The van der Waals surface area contributed by atoms with Crippen molar-refractivity contribution in [3.63, 3.8) is 0 Å².